The summed E-state index contributed by atoms with van der Waals surface area (Å²) in [5.74, 6) is 0. The Morgan fingerprint density at radius 1 is 1.43 bits per heavy atom. The minimum atomic E-state index is -0.336. The van der Waals surface area contributed by atoms with Gasteiger partial charge in [0.1, 0.15) is 6.10 Å². The number of alkyl carbamates (subject to hydrolysis) is 1. The molecule has 2 fully saturated rings. The molecule has 23 heavy (non-hydrogen) atoms. The van der Waals surface area contributed by atoms with Gasteiger partial charge in [-0.15, -0.1) is 0 Å². The summed E-state index contributed by atoms with van der Waals surface area (Å²) in [6.45, 7) is 4.95. The lowest BCUT2D eigenvalue weighted by Gasteiger charge is -2.20. The quantitative estimate of drug-likeness (QED) is 0.881. The van der Waals surface area contributed by atoms with Crippen LogP contribution in [0, 0.1) is 0 Å². The maximum atomic E-state index is 11.9. The zero-order chi connectivity index (χ0) is 16.2. The van der Waals surface area contributed by atoms with Crippen LogP contribution in [0.25, 0.3) is 6.08 Å². The molecule has 1 aliphatic carbocycles. The number of anilines is 1. The molecule has 1 amide bonds. The number of nitrogens with zero attached hydrogens (tertiary/aromatic N) is 2. The molecule has 0 radical (unpaired) electrons. The number of carbonyl (C=O) groups excluding carboxylic acids is 1. The van der Waals surface area contributed by atoms with Crippen molar-refractivity contribution in [2.24, 2.45) is 0 Å². The molecular weight excluding hydrogens is 296 g/mol. The summed E-state index contributed by atoms with van der Waals surface area (Å²) in [6, 6.07) is 0.254. The zero-order valence-electron chi connectivity index (χ0n) is 13.1. The van der Waals surface area contributed by atoms with E-state index >= 15 is 0 Å². The molecule has 1 aromatic heterocycles. The van der Waals surface area contributed by atoms with Crippen molar-refractivity contribution >= 4 is 17.9 Å². The monoisotopic (exact) mass is 318 g/mol. The highest BCUT2D eigenvalue weighted by Gasteiger charge is 2.28. The van der Waals surface area contributed by atoms with Crippen molar-refractivity contribution in [2.45, 2.75) is 44.2 Å². The second kappa shape index (κ2) is 6.85. The van der Waals surface area contributed by atoms with E-state index in [-0.39, 0.29) is 23.8 Å². The number of hydrogen-bond acceptors (Lipinski definition) is 5. The van der Waals surface area contributed by atoms with Crippen LogP contribution in [0.1, 0.15) is 37.7 Å². The lowest BCUT2D eigenvalue weighted by atomic mass is 10.2. The van der Waals surface area contributed by atoms with E-state index < -0.39 is 0 Å². The third-order valence-corrected chi connectivity index (χ3v) is 4.51. The molecule has 2 N–H and O–H groups in total. The summed E-state index contributed by atoms with van der Waals surface area (Å²) < 4.78 is 5.50. The second-order valence-corrected chi connectivity index (χ2v) is 6.09. The minimum absolute atomic E-state index is 0.173. The Kier molecular flexibility index (Phi) is 4.64. The van der Waals surface area contributed by atoms with Crippen LogP contribution < -0.4 is 15.8 Å². The fraction of sp³-hybridized carbons (Fsp3) is 0.562. The van der Waals surface area contributed by atoms with Crippen LogP contribution in [0.2, 0.25) is 0 Å². The number of amides is 1. The Morgan fingerprint density at radius 2 is 2.22 bits per heavy atom. The molecule has 2 aliphatic rings. The van der Waals surface area contributed by atoms with E-state index in [0.29, 0.717) is 18.7 Å². The van der Waals surface area contributed by atoms with Crippen LogP contribution in [0.15, 0.2) is 17.6 Å². The van der Waals surface area contributed by atoms with Gasteiger partial charge < -0.3 is 15.0 Å². The molecule has 2 heterocycles. The highest BCUT2D eigenvalue weighted by molar-refractivity contribution is 5.68. The molecule has 1 saturated carbocycles. The van der Waals surface area contributed by atoms with Crippen molar-refractivity contribution in [2.75, 3.05) is 18.0 Å². The number of aromatic amines is 1. The molecule has 7 nitrogen and oxygen atoms in total. The van der Waals surface area contributed by atoms with Gasteiger partial charge in [0.2, 0.25) is 0 Å². The average molecular weight is 318 g/mol. The highest BCUT2D eigenvalue weighted by Crippen LogP contribution is 2.24. The van der Waals surface area contributed by atoms with Crippen molar-refractivity contribution in [1.82, 2.24) is 15.5 Å². The van der Waals surface area contributed by atoms with E-state index in [1.165, 1.54) is 18.9 Å². The molecule has 1 atom stereocenters. The first-order valence-electron chi connectivity index (χ1n) is 8.09. The molecule has 1 unspecified atom stereocenters. The van der Waals surface area contributed by atoms with Gasteiger partial charge >= 0.3 is 6.09 Å². The van der Waals surface area contributed by atoms with Crippen LogP contribution in [0.4, 0.5) is 10.5 Å². The van der Waals surface area contributed by atoms with E-state index in [1.54, 1.807) is 6.20 Å². The molecule has 1 aliphatic heterocycles. The minimum Gasteiger partial charge on any atom is -0.444 e. The van der Waals surface area contributed by atoms with Gasteiger partial charge in [-0.3, -0.25) is 4.79 Å². The highest BCUT2D eigenvalue weighted by atomic mass is 16.6. The number of ether oxygens (including phenoxy) is 1. The summed E-state index contributed by atoms with van der Waals surface area (Å²) in [5.41, 5.74) is 0.961. The SMILES string of the molecule is C=Cc1c(N2CCC(OC(=O)NC3CCCC3)C2)cn[nH]c1=O. The topological polar surface area (TPSA) is 87.3 Å². The summed E-state index contributed by atoms with van der Waals surface area (Å²) in [5, 5.41) is 9.17. The predicted octanol–water partition coefficient (Wildman–Crippen LogP) is 1.66. The first-order valence-corrected chi connectivity index (χ1v) is 8.09. The maximum absolute atomic E-state index is 11.9. The van der Waals surface area contributed by atoms with Gasteiger partial charge in [0.25, 0.3) is 5.56 Å². The predicted molar refractivity (Wildman–Crippen MR) is 87.4 cm³/mol. The molecule has 1 saturated heterocycles. The van der Waals surface area contributed by atoms with Crippen LogP contribution in [0.5, 0.6) is 0 Å². The Morgan fingerprint density at radius 3 is 2.96 bits per heavy atom. The lowest BCUT2D eigenvalue weighted by Crippen LogP contribution is -2.36. The molecule has 0 bridgehead atoms. The summed E-state index contributed by atoms with van der Waals surface area (Å²) in [7, 11) is 0. The number of rotatable bonds is 4. The van der Waals surface area contributed by atoms with Crippen molar-refractivity contribution in [3.8, 4) is 0 Å². The Hall–Kier alpha value is -2.31. The molecule has 0 spiro atoms. The van der Waals surface area contributed by atoms with Gasteiger partial charge in [0.05, 0.1) is 24.0 Å². The molecule has 1 aromatic rings. The molecule has 7 heteroatoms. The van der Waals surface area contributed by atoms with Crippen LogP contribution in [-0.2, 0) is 4.74 Å². The normalized spacial score (nSPS) is 21.4. The number of carbonyl (C=O) groups is 1. The van der Waals surface area contributed by atoms with E-state index in [4.69, 9.17) is 4.74 Å². The lowest BCUT2D eigenvalue weighted by molar-refractivity contribution is 0.105. The Bertz CT molecular complexity index is 636. The van der Waals surface area contributed by atoms with Gasteiger partial charge in [-0.25, -0.2) is 9.89 Å². The third kappa shape index (κ3) is 3.55. The number of hydrogen-bond donors (Lipinski definition) is 2. The van der Waals surface area contributed by atoms with Crippen molar-refractivity contribution < 1.29 is 9.53 Å². The van der Waals surface area contributed by atoms with Crippen LogP contribution >= 0.6 is 0 Å². The number of H-pyrrole nitrogens is 1. The standard InChI is InChI=1S/C16H22N4O3/c1-2-13-14(9-17-19-15(13)21)20-8-7-12(10-20)23-16(22)18-11-5-3-4-6-11/h2,9,11-12H,1,3-8,10H2,(H,18,22)(H,19,21). The molecule has 3 rings (SSSR count). The van der Waals surface area contributed by atoms with Crippen molar-refractivity contribution in [1.29, 1.82) is 0 Å². The molecular formula is C16H22N4O3. The first-order chi connectivity index (χ1) is 11.2. The first kappa shape index (κ1) is 15.6. The summed E-state index contributed by atoms with van der Waals surface area (Å²) in [6.07, 6.45) is 7.77. The van der Waals surface area contributed by atoms with E-state index in [2.05, 4.69) is 22.1 Å². The van der Waals surface area contributed by atoms with Crippen LogP contribution in [0.3, 0.4) is 0 Å². The van der Waals surface area contributed by atoms with E-state index in [1.807, 2.05) is 4.90 Å². The number of nitrogens with one attached hydrogen (secondary N) is 2. The third-order valence-electron chi connectivity index (χ3n) is 4.51. The fourth-order valence-corrected chi connectivity index (χ4v) is 3.31. The fourth-order valence-electron chi connectivity index (χ4n) is 3.31. The zero-order valence-corrected chi connectivity index (χ0v) is 13.1. The van der Waals surface area contributed by atoms with Gasteiger partial charge in [-0.05, 0) is 12.8 Å². The molecule has 124 valence electrons. The van der Waals surface area contributed by atoms with Crippen LogP contribution in [-0.4, -0.2) is 41.5 Å². The molecule has 0 aromatic carbocycles. The smallest absolute Gasteiger partial charge is 0.407 e. The van der Waals surface area contributed by atoms with E-state index in [9.17, 15) is 9.59 Å². The van der Waals surface area contributed by atoms with Gasteiger partial charge in [-0.2, -0.15) is 5.10 Å². The summed E-state index contributed by atoms with van der Waals surface area (Å²) in [4.78, 5) is 25.7. The van der Waals surface area contributed by atoms with Gasteiger partial charge in [-0.1, -0.05) is 25.5 Å². The maximum Gasteiger partial charge on any atom is 0.407 e. The second-order valence-electron chi connectivity index (χ2n) is 6.09. The Balaban J connectivity index is 1.58. The summed E-state index contributed by atoms with van der Waals surface area (Å²) >= 11 is 0. The largest absolute Gasteiger partial charge is 0.444 e. The van der Waals surface area contributed by atoms with Crippen molar-refractivity contribution in [3.05, 3.63) is 28.7 Å². The van der Waals surface area contributed by atoms with Crippen molar-refractivity contribution in [3.63, 3.8) is 0 Å². The number of aromatic nitrogens is 2. The van der Waals surface area contributed by atoms with Gasteiger partial charge in [0.15, 0.2) is 0 Å². The van der Waals surface area contributed by atoms with Gasteiger partial charge in [0, 0.05) is 19.0 Å². The Labute approximate surface area is 134 Å². The average Bonchev–Trinajstić information content (AvgIpc) is 3.19. The van der Waals surface area contributed by atoms with E-state index in [0.717, 1.165) is 24.9 Å².